The Kier molecular flexibility index (Phi) is 2.88. The normalized spacial score (nSPS) is 18.5. The second-order valence-electron chi connectivity index (χ2n) is 4.90. The van der Waals surface area contributed by atoms with Gasteiger partial charge in [0.2, 0.25) is 0 Å². The average Bonchev–Trinajstić information content (AvgIpc) is 2.64. The van der Waals surface area contributed by atoms with Crippen molar-refractivity contribution in [3.63, 3.8) is 0 Å². The fraction of sp³-hybridized carbons (Fsp3) is 0.727. The summed E-state index contributed by atoms with van der Waals surface area (Å²) in [5, 5.41) is 2.89. The number of carbonyl (C=O) groups is 1. The van der Waals surface area contributed by atoms with E-state index in [2.05, 4.69) is 11.9 Å². The van der Waals surface area contributed by atoms with Crippen LogP contribution in [-0.4, -0.2) is 17.2 Å². The molecule has 0 heterocycles. The molecule has 14 heavy (non-hydrogen) atoms. The molecule has 1 N–H and O–H groups in total. The molecule has 1 saturated carbocycles. The molecule has 80 valence electrons. The van der Waals surface area contributed by atoms with Gasteiger partial charge in [0.05, 0.1) is 0 Å². The lowest BCUT2D eigenvalue weighted by Gasteiger charge is -2.22. The van der Waals surface area contributed by atoms with E-state index in [4.69, 9.17) is 4.74 Å². The van der Waals surface area contributed by atoms with Crippen molar-refractivity contribution in [2.24, 2.45) is 0 Å². The highest BCUT2D eigenvalue weighted by Gasteiger charge is 2.43. The number of hydrogen-bond donors (Lipinski definition) is 1. The minimum Gasteiger partial charge on any atom is -0.444 e. The first kappa shape index (κ1) is 11.1. The quantitative estimate of drug-likeness (QED) is 0.706. The number of amides is 1. The molecule has 0 aliphatic heterocycles. The molecule has 1 fully saturated rings. The molecule has 0 atom stereocenters. The topological polar surface area (TPSA) is 38.3 Å². The number of alkyl carbamates (subject to hydrolysis) is 1. The van der Waals surface area contributed by atoms with Gasteiger partial charge in [-0.3, -0.25) is 0 Å². The zero-order valence-electron chi connectivity index (χ0n) is 9.22. The van der Waals surface area contributed by atoms with Gasteiger partial charge in [0.25, 0.3) is 0 Å². The Bertz CT molecular complexity index is 236. The van der Waals surface area contributed by atoms with Crippen molar-refractivity contribution in [1.29, 1.82) is 0 Å². The number of ether oxygens (including phenoxy) is 1. The highest BCUT2D eigenvalue weighted by molar-refractivity contribution is 5.69. The van der Waals surface area contributed by atoms with Crippen molar-refractivity contribution in [3.8, 4) is 0 Å². The van der Waals surface area contributed by atoms with E-state index < -0.39 is 5.60 Å². The molecule has 0 aromatic carbocycles. The van der Waals surface area contributed by atoms with E-state index in [0.717, 1.165) is 19.3 Å². The van der Waals surface area contributed by atoms with E-state index in [-0.39, 0.29) is 11.6 Å². The van der Waals surface area contributed by atoms with Gasteiger partial charge in [-0.25, -0.2) is 4.79 Å². The molecule has 1 aliphatic rings. The van der Waals surface area contributed by atoms with Gasteiger partial charge < -0.3 is 10.1 Å². The van der Waals surface area contributed by atoms with Crippen LogP contribution < -0.4 is 5.32 Å². The molecule has 1 aliphatic carbocycles. The van der Waals surface area contributed by atoms with Crippen LogP contribution in [0.4, 0.5) is 4.79 Å². The second-order valence-corrected chi connectivity index (χ2v) is 4.90. The molecule has 0 aromatic rings. The lowest BCUT2D eigenvalue weighted by Crippen LogP contribution is -2.40. The summed E-state index contributed by atoms with van der Waals surface area (Å²) < 4.78 is 5.18. The Hall–Kier alpha value is -0.990. The van der Waals surface area contributed by atoms with Gasteiger partial charge in [0, 0.05) is 5.54 Å². The van der Waals surface area contributed by atoms with Crippen molar-refractivity contribution in [2.45, 2.75) is 51.2 Å². The summed E-state index contributed by atoms with van der Waals surface area (Å²) in [6, 6.07) is 0. The lowest BCUT2D eigenvalue weighted by molar-refractivity contribution is 0.0497. The van der Waals surface area contributed by atoms with Crippen molar-refractivity contribution in [3.05, 3.63) is 12.7 Å². The third-order valence-electron chi connectivity index (χ3n) is 2.15. The van der Waals surface area contributed by atoms with Crippen LogP contribution in [0, 0.1) is 0 Å². The molecular weight excluding hydrogens is 178 g/mol. The maximum absolute atomic E-state index is 11.4. The SMILES string of the molecule is C=CCC1(NC(=O)OC(C)(C)C)CC1. The van der Waals surface area contributed by atoms with Gasteiger partial charge in [-0.05, 0) is 40.0 Å². The third-order valence-corrected chi connectivity index (χ3v) is 2.15. The molecule has 0 unspecified atom stereocenters. The molecule has 0 aromatic heterocycles. The van der Waals surface area contributed by atoms with Crippen LogP contribution in [0.2, 0.25) is 0 Å². The van der Waals surface area contributed by atoms with Crippen molar-refractivity contribution >= 4 is 6.09 Å². The van der Waals surface area contributed by atoms with E-state index >= 15 is 0 Å². The van der Waals surface area contributed by atoms with Gasteiger partial charge in [0.15, 0.2) is 0 Å². The molecule has 3 nitrogen and oxygen atoms in total. The molecule has 0 spiro atoms. The number of nitrogens with one attached hydrogen (secondary N) is 1. The lowest BCUT2D eigenvalue weighted by atomic mass is 10.2. The molecule has 0 bridgehead atoms. The predicted octanol–water partition coefficient (Wildman–Crippen LogP) is 2.62. The summed E-state index contributed by atoms with van der Waals surface area (Å²) in [6.07, 6.45) is 4.39. The van der Waals surface area contributed by atoms with Gasteiger partial charge >= 0.3 is 6.09 Å². The zero-order chi connectivity index (χ0) is 10.8. The van der Waals surface area contributed by atoms with Crippen LogP contribution in [-0.2, 0) is 4.74 Å². The molecule has 3 heteroatoms. The third kappa shape index (κ3) is 3.40. The number of hydrogen-bond acceptors (Lipinski definition) is 2. The fourth-order valence-electron chi connectivity index (χ4n) is 1.33. The largest absolute Gasteiger partial charge is 0.444 e. The molecule has 0 saturated heterocycles. The first-order valence-corrected chi connectivity index (χ1v) is 4.99. The van der Waals surface area contributed by atoms with Crippen LogP contribution in [0.1, 0.15) is 40.0 Å². The summed E-state index contributed by atoms with van der Waals surface area (Å²) in [6.45, 7) is 9.26. The number of carbonyl (C=O) groups excluding carboxylic acids is 1. The summed E-state index contributed by atoms with van der Waals surface area (Å²) in [7, 11) is 0. The predicted molar refractivity (Wildman–Crippen MR) is 56.1 cm³/mol. The summed E-state index contributed by atoms with van der Waals surface area (Å²) in [4.78, 5) is 11.4. The summed E-state index contributed by atoms with van der Waals surface area (Å²) in [5.41, 5.74) is -0.474. The maximum Gasteiger partial charge on any atom is 0.408 e. The van der Waals surface area contributed by atoms with Crippen LogP contribution >= 0.6 is 0 Å². The highest BCUT2D eigenvalue weighted by atomic mass is 16.6. The smallest absolute Gasteiger partial charge is 0.408 e. The van der Waals surface area contributed by atoms with Crippen LogP contribution in [0.3, 0.4) is 0 Å². The van der Waals surface area contributed by atoms with Crippen LogP contribution in [0.5, 0.6) is 0 Å². The Morgan fingerprint density at radius 2 is 2.14 bits per heavy atom. The fourth-order valence-corrected chi connectivity index (χ4v) is 1.33. The van der Waals surface area contributed by atoms with Gasteiger partial charge in [-0.2, -0.15) is 0 Å². The van der Waals surface area contributed by atoms with Crippen molar-refractivity contribution < 1.29 is 9.53 Å². The number of rotatable bonds is 3. The van der Waals surface area contributed by atoms with Crippen molar-refractivity contribution in [1.82, 2.24) is 5.32 Å². The molecular formula is C11H19NO2. The summed E-state index contributed by atoms with van der Waals surface area (Å²) in [5.74, 6) is 0. The van der Waals surface area contributed by atoms with E-state index in [1.807, 2.05) is 26.8 Å². The van der Waals surface area contributed by atoms with E-state index in [1.54, 1.807) is 0 Å². The van der Waals surface area contributed by atoms with Crippen LogP contribution in [0.25, 0.3) is 0 Å². The van der Waals surface area contributed by atoms with Crippen LogP contribution in [0.15, 0.2) is 12.7 Å². The first-order valence-electron chi connectivity index (χ1n) is 4.99. The maximum atomic E-state index is 11.4. The van der Waals surface area contributed by atoms with E-state index in [0.29, 0.717) is 0 Å². The summed E-state index contributed by atoms with van der Waals surface area (Å²) >= 11 is 0. The van der Waals surface area contributed by atoms with Crippen molar-refractivity contribution in [2.75, 3.05) is 0 Å². The monoisotopic (exact) mass is 197 g/mol. The average molecular weight is 197 g/mol. The van der Waals surface area contributed by atoms with Gasteiger partial charge in [-0.15, -0.1) is 6.58 Å². The minimum absolute atomic E-state index is 0.0515. The molecule has 1 amide bonds. The Labute approximate surface area is 85.5 Å². The Morgan fingerprint density at radius 3 is 2.50 bits per heavy atom. The minimum atomic E-state index is -0.422. The second kappa shape index (κ2) is 3.64. The van der Waals surface area contributed by atoms with Gasteiger partial charge in [0.1, 0.15) is 5.60 Å². The zero-order valence-corrected chi connectivity index (χ0v) is 9.22. The Morgan fingerprint density at radius 1 is 1.57 bits per heavy atom. The standard InChI is InChI=1S/C11H19NO2/c1-5-6-11(7-8-11)12-9(13)14-10(2,3)4/h5H,1,6-8H2,2-4H3,(H,12,13). The molecule has 0 radical (unpaired) electrons. The van der Waals surface area contributed by atoms with Gasteiger partial charge in [-0.1, -0.05) is 6.08 Å². The molecule has 1 rings (SSSR count). The highest BCUT2D eigenvalue weighted by Crippen LogP contribution is 2.39. The van der Waals surface area contributed by atoms with E-state index in [9.17, 15) is 4.79 Å². The first-order chi connectivity index (χ1) is 6.37. The van der Waals surface area contributed by atoms with E-state index in [1.165, 1.54) is 0 Å². The Balaban J connectivity index is 2.37.